The average Bonchev–Trinajstić information content (AvgIpc) is 3.12. The first-order valence-electron chi connectivity index (χ1n) is 5.86. The van der Waals surface area contributed by atoms with Gasteiger partial charge in [-0.05, 0) is 24.8 Å². The molecule has 1 aliphatic carbocycles. The number of fused-ring (bicyclic) bond motifs is 1. The lowest BCUT2D eigenvalue weighted by Gasteiger charge is -2.19. The summed E-state index contributed by atoms with van der Waals surface area (Å²) in [6, 6.07) is 3.39. The maximum absolute atomic E-state index is 12.0. The van der Waals surface area contributed by atoms with Gasteiger partial charge in [-0.3, -0.25) is 4.79 Å². The van der Waals surface area contributed by atoms with Crippen LogP contribution < -0.4 is 9.47 Å². The molecule has 4 heteroatoms. The molecule has 3 rings (SSSR count). The van der Waals surface area contributed by atoms with Crippen LogP contribution in [0.3, 0.4) is 0 Å². The summed E-state index contributed by atoms with van der Waals surface area (Å²) in [7, 11) is 0. The van der Waals surface area contributed by atoms with Crippen molar-refractivity contribution in [3.8, 4) is 11.5 Å². The second-order valence-electron chi connectivity index (χ2n) is 4.55. The van der Waals surface area contributed by atoms with E-state index >= 15 is 0 Å². The largest absolute Gasteiger partial charge is 0.486 e. The van der Waals surface area contributed by atoms with Crippen LogP contribution in [0.4, 0.5) is 0 Å². The molecule has 1 heterocycles. The topological polar surface area (TPSA) is 35.5 Å². The summed E-state index contributed by atoms with van der Waals surface area (Å²) in [6.07, 6.45) is 2.92. The third-order valence-corrected chi connectivity index (χ3v) is 3.42. The molecule has 0 N–H and O–H groups in total. The molecule has 1 aromatic rings. The molecule has 0 atom stereocenters. The van der Waals surface area contributed by atoms with Gasteiger partial charge in [0.25, 0.3) is 0 Å². The van der Waals surface area contributed by atoms with Crippen molar-refractivity contribution in [3.05, 3.63) is 22.7 Å². The van der Waals surface area contributed by atoms with Gasteiger partial charge in [0.05, 0.1) is 5.02 Å². The van der Waals surface area contributed by atoms with E-state index in [1.54, 1.807) is 12.1 Å². The lowest BCUT2D eigenvalue weighted by Crippen LogP contribution is -2.16. The predicted octanol–water partition coefficient (Wildman–Crippen LogP) is 3.09. The second-order valence-corrected chi connectivity index (χ2v) is 4.95. The first-order valence-corrected chi connectivity index (χ1v) is 6.24. The van der Waals surface area contributed by atoms with Gasteiger partial charge >= 0.3 is 0 Å². The van der Waals surface area contributed by atoms with Crippen LogP contribution >= 0.6 is 11.6 Å². The molecule has 0 amide bonds. The normalized spacial score (nSPS) is 17.9. The van der Waals surface area contributed by atoms with Gasteiger partial charge < -0.3 is 9.47 Å². The molecule has 0 bridgehead atoms. The van der Waals surface area contributed by atoms with Crippen molar-refractivity contribution >= 4 is 17.4 Å². The molecule has 1 aromatic carbocycles. The fourth-order valence-corrected chi connectivity index (χ4v) is 2.23. The molecule has 1 aliphatic heterocycles. The molecule has 1 fully saturated rings. The first-order chi connectivity index (χ1) is 8.24. The minimum absolute atomic E-state index is 0.106. The third-order valence-electron chi connectivity index (χ3n) is 3.10. The summed E-state index contributed by atoms with van der Waals surface area (Å²) in [5, 5.41) is 0.458. The van der Waals surface area contributed by atoms with E-state index in [2.05, 4.69) is 0 Å². The molecule has 90 valence electrons. The fourth-order valence-electron chi connectivity index (χ4n) is 1.97. The molecule has 0 saturated heterocycles. The molecule has 0 radical (unpaired) electrons. The molecule has 2 aliphatic rings. The van der Waals surface area contributed by atoms with E-state index < -0.39 is 0 Å². The molecular formula is C13H13ClO3. The Labute approximate surface area is 105 Å². The van der Waals surface area contributed by atoms with Gasteiger partial charge in [-0.2, -0.15) is 0 Å². The number of benzene rings is 1. The van der Waals surface area contributed by atoms with Crippen molar-refractivity contribution in [1.29, 1.82) is 0 Å². The Kier molecular flexibility index (Phi) is 2.71. The Morgan fingerprint density at radius 1 is 1.24 bits per heavy atom. The SMILES string of the molecule is O=C(CC1CC1)c1cc2c(cc1Cl)OCCO2. The standard InChI is InChI=1S/C13H13ClO3/c14-10-7-13-12(16-3-4-17-13)6-9(10)11(15)5-8-1-2-8/h6-8H,1-5H2. The smallest absolute Gasteiger partial charge is 0.164 e. The van der Waals surface area contributed by atoms with Crippen LogP contribution in [0, 0.1) is 5.92 Å². The van der Waals surface area contributed by atoms with Gasteiger partial charge in [-0.15, -0.1) is 0 Å². The highest BCUT2D eigenvalue weighted by Gasteiger charge is 2.27. The summed E-state index contributed by atoms with van der Waals surface area (Å²) in [4.78, 5) is 12.0. The Morgan fingerprint density at radius 3 is 2.53 bits per heavy atom. The number of carbonyl (C=O) groups excluding carboxylic acids is 1. The minimum atomic E-state index is 0.106. The van der Waals surface area contributed by atoms with Crippen LogP contribution in [0.5, 0.6) is 11.5 Å². The van der Waals surface area contributed by atoms with E-state index in [1.165, 1.54) is 0 Å². The van der Waals surface area contributed by atoms with Crippen molar-refractivity contribution in [1.82, 2.24) is 0 Å². The number of ether oxygens (including phenoxy) is 2. The highest BCUT2D eigenvalue weighted by molar-refractivity contribution is 6.34. The number of hydrogen-bond acceptors (Lipinski definition) is 3. The maximum atomic E-state index is 12.0. The molecule has 0 spiro atoms. The zero-order valence-corrected chi connectivity index (χ0v) is 10.1. The minimum Gasteiger partial charge on any atom is -0.486 e. The van der Waals surface area contributed by atoms with E-state index in [1.807, 2.05) is 0 Å². The lowest BCUT2D eigenvalue weighted by atomic mass is 10.0. The molecule has 0 aromatic heterocycles. The van der Waals surface area contributed by atoms with Crippen LogP contribution in [-0.2, 0) is 0 Å². The maximum Gasteiger partial charge on any atom is 0.164 e. The molecule has 3 nitrogen and oxygen atoms in total. The van der Waals surface area contributed by atoms with E-state index in [-0.39, 0.29) is 5.78 Å². The monoisotopic (exact) mass is 252 g/mol. The Hall–Kier alpha value is -1.22. The highest BCUT2D eigenvalue weighted by Crippen LogP contribution is 2.38. The highest BCUT2D eigenvalue weighted by atomic mass is 35.5. The van der Waals surface area contributed by atoms with Crippen LogP contribution in [-0.4, -0.2) is 19.0 Å². The Balaban J connectivity index is 1.89. The molecular weight excluding hydrogens is 240 g/mol. The third kappa shape index (κ3) is 2.25. The number of hydrogen-bond donors (Lipinski definition) is 0. The van der Waals surface area contributed by atoms with Crippen LogP contribution in [0.15, 0.2) is 12.1 Å². The lowest BCUT2D eigenvalue weighted by molar-refractivity contribution is 0.0975. The summed E-state index contributed by atoms with van der Waals surface area (Å²) in [5.74, 6) is 1.92. The van der Waals surface area contributed by atoms with Crippen molar-refractivity contribution in [2.75, 3.05) is 13.2 Å². The Bertz CT molecular complexity index is 466. The molecule has 17 heavy (non-hydrogen) atoms. The second kappa shape index (κ2) is 4.22. The number of rotatable bonds is 3. The predicted molar refractivity (Wildman–Crippen MR) is 64.1 cm³/mol. The van der Waals surface area contributed by atoms with Crippen molar-refractivity contribution in [2.45, 2.75) is 19.3 Å². The van der Waals surface area contributed by atoms with Gasteiger partial charge in [-0.1, -0.05) is 11.6 Å². The van der Waals surface area contributed by atoms with Gasteiger partial charge in [0.1, 0.15) is 13.2 Å². The molecule has 0 unspecified atom stereocenters. The summed E-state index contributed by atoms with van der Waals surface area (Å²) < 4.78 is 10.9. The average molecular weight is 253 g/mol. The molecule has 1 saturated carbocycles. The summed E-state index contributed by atoms with van der Waals surface area (Å²) >= 11 is 6.10. The van der Waals surface area contributed by atoms with E-state index in [0.29, 0.717) is 47.6 Å². The van der Waals surface area contributed by atoms with E-state index in [4.69, 9.17) is 21.1 Å². The van der Waals surface area contributed by atoms with Crippen molar-refractivity contribution in [3.63, 3.8) is 0 Å². The van der Waals surface area contributed by atoms with Crippen LogP contribution in [0.25, 0.3) is 0 Å². The van der Waals surface area contributed by atoms with Crippen LogP contribution in [0.2, 0.25) is 5.02 Å². The van der Waals surface area contributed by atoms with Crippen LogP contribution in [0.1, 0.15) is 29.6 Å². The van der Waals surface area contributed by atoms with Crippen molar-refractivity contribution < 1.29 is 14.3 Å². The fraction of sp³-hybridized carbons (Fsp3) is 0.462. The zero-order chi connectivity index (χ0) is 11.8. The van der Waals surface area contributed by atoms with Crippen molar-refractivity contribution in [2.24, 2.45) is 5.92 Å². The summed E-state index contributed by atoms with van der Waals surface area (Å²) in [5.41, 5.74) is 0.558. The van der Waals surface area contributed by atoms with Gasteiger partial charge in [0, 0.05) is 18.1 Å². The van der Waals surface area contributed by atoms with Gasteiger partial charge in [0.2, 0.25) is 0 Å². The van der Waals surface area contributed by atoms with Gasteiger partial charge in [0.15, 0.2) is 17.3 Å². The zero-order valence-electron chi connectivity index (χ0n) is 9.37. The number of ketones is 1. The Morgan fingerprint density at radius 2 is 1.88 bits per heavy atom. The van der Waals surface area contributed by atoms with E-state index in [0.717, 1.165) is 12.8 Å². The number of halogens is 1. The summed E-state index contributed by atoms with van der Waals surface area (Å²) in [6.45, 7) is 1.05. The van der Waals surface area contributed by atoms with Gasteiger partial charge in [-0.25, -0.2) is 0 Å². The number of carbonyl (C=O) groups is 1. The number of Topliss-reactive ketones (excluding diaryl/α,β-unsaturated/α-hetero) is 1. The van der Waals surface area contributed by atoms with E-state index in [9.17, 15) is 4.79 Å². The first kappa shape index (κ1) is 10.9. The quantitative estimate of drug-likeness (QED) is 0.776.